The Morgan fingerprint density at radius 2 is 2.11 bits per heavy atom. The van der Waals surface area contributed by atoms with Crippen molar-refractivity contribution in [3.8, 4) is 0 Å². The summed E-state index contributed by atoms with van der Waals surface area (Å²) < 4.78 is 26.9. The molecule has 0 bridgehead atoms. The second-order valence-corrected chi connectivity index (χ2v) is 4.44. The molecule has 0 aliphatic heterocycles. The molecule has 2 rings (SSSR count). The zero-order valence-electron chi connectivity index (χ0n) is 9.91. The SMILES string of the molecule is NNC(Cc1ccncc1Cl)c1cccc(F)c1F. The van der Waals surface area contributed by atoms with Gasteiger partial charge in [-0.15, -0.1) is 0 Å². The van der Waals surface area contributed by atoms with Gasteiger partial charge in [0, 0.05) is 18.0 Å². The zero-order chi connectivity index (χ0) is 13.8. The fourth-order valence-corrected chi connectivity index (χ4v) is 2.03. The number of nitrogens with zero attached hydrogens (tertiary/aromatic N) is 1. The van der Waals surface area contributed by atoms with Crippen molar-refractivity contribution in [2.75, 3.05) is 0 Å². The van der Waals surface area contributed by atoms with Gasteiger partial charge in [0.05, 0.1) is 11.1 Å². The van der Waals surface area contributed by atoms with Crippen LogP contribution in [0.3, 0.4) is 0 Å². The van der Waals surface area contributed by atoms with Gasteiger partial charge in [0.15, 0.2) is 11.6 Å². The molecule has 1 aromatic carbocycles. The summed E-state index contributed by atoms with van der Waals surface area (Å²) in [6, 6.07) is 5.12. The van der Waals surface area contributed by atoms with Gasteiger partial charge in [0.25, 0.3) is 0 Å². The van der Waals surface area contributed by atoms with Gasteiger partial charge in [-0.1, -0.05) is 23.7 Å². The number of pyridine rings is 1. The Morgan fingerprint density at radius 3 is 2.79 bits per heavy atom. The lowest BCUT2D eigenvalue weighted by Crippen LogP contribution is -2.30. The first-order valence-corrected chi connectivity index (χ1v) is 5.99. The summed E-state index contributed by atoms with van der Waals surface area (Å²) in [5, 5.41) is 0.458. The molecule has 100 valence electrons. The standard InChI is InChI=1S/C13H12ClF2N3/c14-10-7-18-5-4-8(10)6-12(19-17)9-2-1-3-11(15)13(9)16/h1-5,7,12,19H,6,17H2. The van der Waals surface area contributed by atoms with Crippen molar-refractivity contribution in [2.45, 2.75) is 12.5 Å². The Balaban J connectivity index is 2.31. The molecule has 0 saturated carbocycles. The molecule has 0 aliphatic rings. The maximum absolute atomic E-state index is 13.7. The van der Waals surface area contributed by atoms with E-state index in [1.165, 1.54) is 18.3 Å². The molecule has 0 saturated heterocycles. The Kier molecular flexibility index (Phi) is 4.42. The van der Waals surface area contributed by atoms with E-state index in [2.05, 4.69) is 10.4 Å². The Hall–Kier alpha value is -1.56. The molecule has 0 aliphatic carbocycles. The normalized spacial score (nSPS) is 12.4. The highest BCUT2D eigenvalue weighted by Gasteiger charge is 2.18. The number of rotatable bonds is 4. The molecule has 0 amide bonds. The van der Waals surface area contributed by atoms with Gasteiger partial charge in [-0.3, -0.25) is 16.3 Å². The van der Waals surface area contributed by atoms with E-state index in [4.69, 9.17) is 17.4 Å². The van der Waals surface area contributed by atoms with Crippen molar-refractivity contribution < 1.29 is 8.78 Å². The van der Waals surface area contributed by atoms with Crippen LogP contribution in [0, 0.1) is 11.6 Å². The van der Waals surface area contributed by atoms with Gasteiger partial charge in [-0.25, -0.2) is 8.78 Å². The highest BCUT2D eigenvalue weighted by atomic mass is 35.5. The van der Waals surface area contributed by atoms with E-state index in [0.29, 0.717) is 11.4 Å². The Labute approximate surface area is 114 Å². The number of benzene rings is 1. The fraction of sp³-hybridized carbons (Fsp3) is 0.154. The number of nitrogens with two attached hydrogens (primary N) is 1. The predicted molar refractivity (Wildman–Crippen MR) is 69.4 cm³/mol. The topological polar surface area (TPSA) is 50.9 Å². The molecule has 6 heteroatoms. The summed E-state index contributed by atoms with van der Waals surface area (Å²) in [6.45, 7) is 0. The summed E-state index contributed by atoms with van der Waals surface area (Å²) in [7, 11) is 0. The number of halogens is 3. The summed E-state index contributed by atoms with van der Waals surface area (Å²) in [5.74, 6) is 3.61. The van der Waals surface area contributed by atoms with Crippen molar-refractivity contribution >= 4 is 11.6 Å². The molecule has 1 aromatic heterocycles. The monoisotopic (exact) mass is 283 g/mol. The molecule has 1 heterocycles. The van der Waals surface area contributed by atoms with E-state index in [1.807, 2.05) is 0 Å². The van der Waals surface area contributed by atoms with Gasteiger partial charge in [-0.2, -0.15) is 0 Å². The smallest absolute Gasteiger partial charge is 0.163 e. The van der Waals surface area contributed by atoms with E-state index in [-0.39, 0.29) is 5.56 Å². The first-order chi connectivity index (χ1) is 9.13. The van der Waals surface area contributed by atoms with Crippen LogP contribution in [0.4, 0.5) is 8.78 Å². The second kappa shape index (κ2) is 6.06. The molecular formula is C13H12ClF2N3. The van der Waals surface area contributed by atoms with Crippen LogP contribution < -0.4 is 11.3 Å². The number of nitrogens with one attached hydrogen (secondary N) is 1. The van der Waals surface area contributed by atoms with E-state index in [0.717, 1.165) is 11.6 Å². The van der Waals surface area contributed by atoms with Gasteiger partial charge < -0.3 is 0 Å². The van der Waals surface area contributed by atoms with Crippen molar-refractivity contribution in [1.82, 2.24) is 10.4 Å². The van der Waals surface area contributed by atoms with Crippen LogP contribution in [0.15, 0.2) is 36.7 Å². The molecule has 19 heavy (non-hydrogen) atoms. The molecule has 2 aromatic rings. The largest absolute Gasteiger partial charge is 0.271 e. The van der Waals surface area contributed by atoms with Crippen LogP contribution in [0.2, 0.25) is 5.02 Å². The minimum atomic E-state index is -0.907. The lowest BCUT2D eigenvalue weighted by Gasteiger charge is -2.17. The number of hydrogen-bond donors (Lipinski definition) is 2. The summed E-state index contributed by atoms with van der Waals surface area (Å²) >= 11 is 5.98. The minimum Gasteiger partial charge on any atom is -0.271 e. The molecule has 1 unspecified atom stereocenters. The van der Waals surface area contributed by atoms with E-state index < -0.39 is 17.7 Å². The lowest BCUT2D eigenvalue weighted by molar-refractivity contribution is 0.464. The van der Waals surface area contributed by atoms with Crippen molar-refractivity contribution in [2.24, 2.45) is 5.84 Å². The Morgan fingerprint density at radius 1 is 1.32 bits per heavy atom. The lowest BCUT2D eigenvalue weighted by atomic mass is 9.99. The van der Waals surface area contributed by atoms with Crippen LogP contribution in [-0.4, -0.2) is 4.98 Å². The molecule has 0 fully saturated rings. The quantitative estimate of drug-likeness (QED) is 0.670. The molecule has 3 N–H and O–H groups in total. The van der Waals surface area contributed by atoms with Crippen molar-refractivity contribution in [3.63, 3.8) is 0 Å². The summed E-state index contributed by atoms with van der Waals surface area (Å²) in [5.41, 5.74) is 3.39. The molecule has 3 nitrogen and oxygen atoms in total. The summed E-state index contributed by atoms with van der Waals surface area (Å²) in [6.07, 6.45) is 3.40. The van der Waals surface area contributed by atoms with Crippen molar-refractivity contribution in [1.29, 1.82) is 0 Å². The average Bonchev–Trinajstić information content (AvgIpc) is 2.41. The second-order valence-electron chi connectivity index (χ2n) is 4.03. The van der Waals surface area contributed by atoms with Crippen molar-refractivity contribution in [3.05, 3.63) is 64.4 Å². The predicted octanol–water partition coefficient (Wildman–Crippen LogP) is 2.76. The van der Waals surface area contributed by atoms with Gasteiger partial charge in [0.1, 0.15) is 0 Å². The van der Waals surface area contributed by atoms with Gasteiger partial charge in [0.2, 0.25) is 0 Å². The molecule has 0 radical (unpaired) electrons. The van der Waals surface area contributed by atoms with Crippen LogP contribution in [-0.2, 0) is 6.42 Å². The highest BCUT2D eigenvalue weighted by Crippen LogP contribution is 2.25. The van der Waals surface area contributed by atoms with E-state index >= 15 is 0 Å². The third-order valence-electron chi connectivity index (χ3n) is 2.84. The van der Waals surface area contributed by atoms with Crippen LogP contribution >= 0.6 is 11.6 Å². The average molecular weight is 284 g/mol. The maximum Gasteiger partial charge on any atom is 0.163 e. The number of aromatic nitrogens is 1. The number of hydrogen-bond acceptors (Lipinski definition) is 3. The first kappa shape index (κ1) is 13.9. The minimum absolute atomic E-state index is 0.162. The van der Waals surface area contributed by atoms with E-state index in [9.17, 15) is 8.78 Å². The third kappa shape index (κ3) is 3.07. The number of hydrazine groups is 1. The summed E-state index contributed by atoms with van der Waals surface area (Å²) in [4.78, 5) is 3.86. The van der Waals surface area contributed by atoms with Crippen LogP contribution in [0.5, 0.6) is 0 Å². The third-order valence-corrected chi connectivity index (χ3v) is 3.18. The molecule has 0 spiro atoms. The Bertz CT molecular complexity index is 578. The highest BCUT2D eigenvalue weighted by molar-refractivity contribution is 6.31. The van der Waals surface area contributed by atoms with Gasteiger partial charge >= 0.3 is 0 Å². The van der Waals surface area contributed by atoms with Crippen LogP contribution in [0.25, 0.3) is 0 Å². The van der Waals surface area contributed by atoms with E-state index in [1.54, 1.807) is 12.3 Å². The fourth-order valence-electron chi connectivity index (χ4n) is 1.84. The van der Waals surface area contributed by atoms with Gasteiger partial charge in [-0.05, 0) is 24.1 Å². The first-order valence-electron chi connectivity index (χ1n) is 5.62. The molecular weight excluding hydrogens is 272 g/mol. The maximum atomic E-state index is 13.7. The molecule has 1 atom stereocenters. The van der Waals surface area contributed by atoms with Crippen LogP contribution in [0.1, 0.15) is 17.2 Å². The zero-order valence-corrected chi connectivity index (χ0v) is 10.7.